The van der Waals surface area contributed by atoms with Crippen molar-refractivity contribution in [2.75, 3.05) is 13.1 Å². The second-order valence-electron chi connectivity index (χ2n) is 5.54. The molecular weight excluding hydrogens is 212 g/mol. The van der Waals surface area contributed by atoms with E-state index in [4.69, 9.17) is 0 Å². The highest BCUT2D eigenvalue weighted by atomic mass is 16.2. The maximum absolute atomic E-state index is 11.9. The summed E-state index contributed by atoms with van der Waals surface area (Å²) in [6, 6.07) is 0.0580. The van der Waals surface area contributed by atoms with E-state index >= 15 is 0 Å². The molecule has 0 aromatic rings. The van der Waals surface area contributed by atoms with Crippen LogP contribution in [0, 0.1) is 5.92 Å². The Morgan fingerprint density at radius 3 is 2.88 bits per heavy atom. The third-order valence-corrected chi connectivity index (χ3v) is 3.38. The van der Waals surface area contributed by atoms with Gasteiger partial charge in [0.05, 0.1) is 6.04 Å². The van der Waals surface area contributed by atoms with Crippen molar-refractivity contribution in [2.24, 2.45) is 5.92 Å². The SMILES string of the molecule is CC(C)CCCCNC(=O)C1CCCCCN1. The van der Waals surface area contributed by atoms with Crippen molar-refractivity contribution < 1.29 is 4.79 Å². The monoisotopic (exact) mass is 240 g/mol. The molecule has 1 fully saturated rings. The Balaban J connectivity index is 2.07. The van der Waals surface area contributed by atoms with Crippen LogP contribution >= 0.6 is 0 Å². The van der Waals surface area contributed by atoms with Crippen LogP contribution < -0.4 is 10.6 Å². The van der Waals surface area contributed by atoms with E-state index < -0.39 is 0 Å². The maximum Gasteiger partial charge on any atom is 0.237 e. The first-order valence-electron chi connectivity index (χ1n) is 7.21. The van der Waals surface area contributed by atoms with Gasteiger partial charge in [-0.2, -0.15) is 0 Å². The van der Waals surface area contributed by atoms with Crippen LogP contribution in [0.1, 0.15) is 58.8 Å². The van der Waals surface area contributed by atoms with Gasteiger partial charge in [0.2, 0.25) is 5.91 Å². The molecule has 1 rings (SSSR count). The zero-order valence-corrected chi connectivity index (χ0v) is 11.4. The van der Waals surface area contributed by atoms with Crippen LogP contribution in [0.3, 0.4) is 0 Å². The number of carbonyl (C=O) groups is 1. The van der Waals surface area contributed by atoms with Gasteiger partial charge in [0.25, 0.3) is 0 Å². The molecule has 1 aliphatic heterocycles. The average Bonchev–Trinajstić information content (AvgIpc) is 2.56. The smallest absolute Gasteiger partial charge is 0.237 e. The molecule has 0 spiro atoms. The van der Waals surface area contributed by atoms with Crippen molar-refractivity contribution in [1.82, 2.24) is 10.6 Å². The van der Waals surface area contributed by atoms with Crippen LogP contribution in [0.15, 0.2) is 0 Å². The topological polar surface area (TPSA) is 41.1 Å². The normalized spacial score (nSPS) is 21.2. The summed E-state index contributed by atoms with van der Waals surface area (Å²) in [5.74, 6) is 0.977. The molecule has 1 heterocycles. The Hall–Kier alpha value is -0.570. The van der Waals surface area contributed by atoms with E-state index in [1.54, 1.807) is 0 Å². The van der Waals surface area contributed by atoms with Crippen LogP contribution in [0.2, 0.25) is 0 Å². The summed E-state index contributed by atoms with van der Waals surface area (Å²) in [5.41, 5.74) is 0. The van der Waals surface area contributed by atoms with Gasteiger partial charge in [-0.1, -0.05) is 39.5 Å². The zero-order valence-electron chi connectivity index (χ0n) is 11.4. The number of amides is 1. The summed E-state index contributed by atoms with van der Waals surface area (Å²) in [4.78, 5) is 11.9. The second kappa shape index (κ2) is 8.51. The summed E-state index contributed by atoms with van der Waals surface area (Å²) >= 11 is 0. The van der Waals surface area contributed by atoms with Gasteiger partial charge in [-0.3, -0.25) is 4.79 Å². The highest BCUT2D eigenvalue weighted by Crippen LogP contribution is 2.09. The summed E-state index contributed by atoms with van der Waals surface area (Å²) in [6.07, 6.45) is 8.23. The molecule has 17 heavy (non-hydrogen) atoms. The van der Waals surface area contributed by atoms with Crippen molar-refractivity contribution in [3.05, 3.63) is 0 Å². The van der Waals surface area contributed by atoms with Crippen LogP contribution in [-0.4, -0.2) is 25.0 Å². The predicted molar refractivity (Wildman–Crippen MR) is 72.0 cm³/mol. The fraction of sp³-hybridized carbons (Fsp3) is 0.929. The highest BCUT2D eigenvalue weighted by Gasteiger charge is 2.18. The minimum absolute atomic E-state index is 0.0580. The van der Waals surface area contributed by atoms with E-state index in [1.165, 1.54) is 32.1 Å². The van der Waals surface area contributed by atoms with E-state index in [-0.39, 0.29) is 11.9 Å². The van der Waals surface area contributed by atoms with Crippen LogP contribution in [0.25, 0.3) is 0 Å². The molecule has 0 aromatic carbocycles. The molecule has 0 saturated carbocycles. The Morgan fingerprint density at radius 2 is 2.12 bits per heavy atom. The van der Waals surface area contributed by atoms with Crippen molar-refractivity contribution >= 4 is 5.91 Å². The first-order chi connectivity index (χ1) is 8.20. The highest BCUT2D eigenvalue weighted by molar-refractivity contribution is 5.81. The summed E-state index contributed by atoms with van der Waals surface area (Å²) < 4.78 is 0. The van der Waals surface area contributed by atoms with E-state index in [0.29, 0.717) is 0 Å². The molecule has 0 bridgehead atoms. The molecule has 100 valence electrons. The largest absolute Gasteiger partial charge is 0.355 e. The fourth-order valence-electron chi connectivity index (χ4n) is 2.26. The molecule has 1 saturated heterocycles. The number of nitrogens with one attached hydrogen (secondary N) is 2. The first kappa shape index (κ1) is 14.5. The van der Waals surface area contributed by atoms with Crippen molar-refractivity contribution in [3.63, 3.8) is 0 Å². The summed E-state index contributed by atoms with van der Waals surface area (Å²) in [5, 5.41) is 6.38. The standard InChI is InChI=1S/C14H28N2O/c1-12(2)8-5-7-11-16-14(17)13-9-4-3-6-10-15-13/h12-13,15H,3-11H2,1-2H3,(H,16,17). The Labute approximate surface area is 106 Å². The van der Waals surface area contributed by atoms with Crippen molar-refractivity contribution in [3.8, 4) is 0 Å². The molecule has 1 atom stereocenters. The van der Waals surface area contributed by atoms with Gasteiger partial charge in [-0.15, -0.1) is 0 Å². The molecular formula is C14H28N2O. The van der Waals surface area contributed by atoms with E-state index in [0.717, 1.165) is 31.8 Å². The lowest BCUT2D eigenvalue weighted by atomic mass is 10.1. The molecule has 1 unspecified atom stereocenters. The second-order valence-corrected chi connectivity index (χ2v) is 5.54. The van der Waals surface area contributed by atoms with E-state index in [1.807, 2.05) is 0 Å². The van der Waals surface area contributed by atoms with E-state index in [2.05, 4.69) is 24.5 Å². The van der Waals surface area contributed by atoms with Crippen LogP contribution in [-0.2, 0) is 4.79 Å². The lowest BCUT2D eigenvalue weighted by Crippen LogP contribution is -2.43. The molecule has 0 radical (unpaired) electrons. The molecule has 1 aliphatic rings. The zero-order chi connectivity index (χ0) is 12.5. The van der Waals surface area contributed by atoms with Gasteiger partial charge in [0.1, 0.15) is 0 Å². The lowest BCUT2D eigenvalue weighted by molar-refractivity contribution is -0.123. The minimum atomic E-state index is 0.0580. The van der Waals surface area contributed by atoms with Gasteiger partial charge >= 0.3 is 0 Å². The number of unbranched alkanes of at least 4 members (excludes halogenated alkanes) is 1. The van der Waals surface area contributed by atoms with Gasteiger partial charge in [0, 0.05) is 6.54 Å². The van der Waals surface area contributed by atoms with Crippen molar-refractivity contribution in [1.29, 1.82) is 0 Å². The molecule has 0 aliphatic carbocycles. The number of rotatable bonds is 6. The summed E-state index contributed by atoms with van der Waals surface area (Å²) in [7, 11) is 0. The van der Waals surface area contributed by atoms with Crippen LogP contribution in [0.5, 0.6) is 0 Å². The Morgan fingerprint density at radius 1 is 1.29 bits per heavy atom. The number of carbonyl (C=O) groups excluding carboxylic acids is 1. The van der Waals surface area contributed by atoms with Gasteiger partial charge < -0.3 is 10.6 Å². The molecule has 3 heteroatoms. The predicted octanol–water partition coefficient (Wildman–Crippen LogP) is 2.46. The molecule has 0 aromatic heterocycles. The van der Waals surface area contributed by atoms with E-state index in [9.17, 15) is 4.79 Å². The third-order valence-electron chi connectivity index (χ3n) is 3.38. The third kappa shape index (κ3) is 6.67. The van der Waals surface area contributed by atoms with Crippen LogP contribution in [0.4, 0.5) is 0 Å². The van der Waals surface area contributed by atoms with Crippen molar-refractivity contribution in [2.45, 2.75) is 64.8 Å². The van der Waals surface area contributed by atoms with Gasteiger partial charge in [0.15, 0.2) is 0 Å². The lowest BCUT2D eigenvalue weighted by Gasteiger charge is -2.15. The molecule has 1 amide bonds. The fourth-order valence-corrected chi connectivity index (χ4v) is 2.26. The first-order valence-corrected chi connectivity index (χ1v) is 7.21. The number of hydrogen-bond acceptors (Lipinski definition) is 2. The summed E-state index contributed by atoms with van der Waals surface area (Å²) in [6.45, 7) is 6.32. The molecule has 2 N–H and O–H groups in total. The Bertz CT molecular complexity index is 208. The van der Waals surface area contributed by atoms with Gasteiger partial charge in [-0.25, -0.2) is 0 Å². The maximum atomic E-state index is 11.9. The Kier molecular flexibility index (Phi) is 7.25. The minimum Gasteiger partial charge on any atom is -0.355 e. The molecule has 3 nitrogen and oxygen atoms in total. The quantitative estimate of drug-likeness (QED) is 0.700. The average molecular weight is 240 g/mol. The number of hydrogen-bond donors (Lipinski definition) is 2. The van der Waals surface area contributed by atoms with Gasteiger partial charge in [-0.05, 0) is 31.7 Å².